The average molecular weight is 373 g/mol. The predicted octanol–water partition coefficient (Wildman–Crippen LogP) is 1.69. The summed E-state index contributed by atoms with van der Waals surface area (Å²) in [4.78, 5) is 16.6. The first-order chi connectivity index (χ1) is 13.0. The number of aryl methyl sites for hydroxylation is 1. The number of para-hydroxylation sites is 1. The fourth-order valence-corrected chi connectivity index (χ4v) is 4.23. The van der Waals surface area contributed by atoms with Crippen molar-refractivity contribution in [2.24, 2.45) is 13.0 Å². The van der Waals surface area contributed by atoms with E-state index in [1.54, 1.807) is 7.11 Å². The van der Waals surface area contributed by atoms with Crippen molar-refractivity contribution >= 4 is 16.8 Å². The van der Waals surface area contributed by atoms with Crippen molar-refractivity contribution in [3.63, 3.8) is 0 Å². The summed E-state index contributed by atoms with van der Waals surface area (Å²) in [5.74, 6) is 0.428. The Morgan fingerprint density at radius 3 is 2.85 bits per heavy atom. The fourth-order valence-electron chi connectivity index (χ4n) is 4.23. The van der Waals surface area contributed by atoms with Crippen LogP contribution in [0.1, 0.15) is 12.0 Å². The second kappa shape index (κ2) is 8.87. The van der Waals surface area contributed by atoms with E-state index in [0.717, 1.165) is 26.1 Å². The van der Waals surface area contributed by atoms with Gasteiger partial charge in [-0.2, -0.15) is 0 Å². The third kappa shape index (κ3) is 4.69. The lowest BCUT2D eigenvalue weighted by atomic mass is 9.90. The number of piperidine rings is 1. The molecule has 1 aromatic heterocycles. The van der Waals surface area contributed by atoms with E-state index >= 15 is 0 Å². The quantitative estimate of drug-likeness (QED) is 0.804. The van der Waals surface area contributed by atoms with Crippen molar-refractivity contribution in [2.45, 2.75) is 19.0 Å². The molecule has 6 nitrogen and oxygen atoms in total. The van der Waals surface area contributed by atoms with Gasteiger partial charge in [-0.15, -0.1) is 0 Å². The summed E-state index contributed by atoms with van der Waals surface area (Å²) in [6.45, 7) is 3.88. The van der Waals surface area contributed by atoms with Gasteiger partial charge in [-0.05, 0) is 44.6 Å². The molecule has 2 aromatic rings. The molecule has 1 fully saturated rings. The molecule has 2 heterocycles. The van der Waals surface area contributed by atoms with Crippen LogP contribution in [0.15, 0.2) is 30.5 Å². The van der Waals surface area contributed by atoms with Crippen molar-refractivity contribution in [3.8, 4) is 0 Å². The number of aromatic nitrogens is 1. The molecule has 0 bridgehead atoms. The Hall–Kier alpha value is -1.89. The zero-order valence-corrected chi connectivity index (χ0v) is 16.9. The van der Waals surface area contributed by atoms with E-state index in [1.165, 1.54) is 16.5 Å². The van der Waals surface area contributed by atoms with Gasteiger partial charge in [0.1, 0.15) is 6.61 Å². The highest BCUT2D eigenvalue weighted by atomic mass is 16.5. The van der Waals surface area contributed by atoms with Gasteiger partial charge in [0.2, 0.25) is 5.91 Å². The van der Waals surface area contributed by atoms with Crippen LogP contribution in [0, 0.1) is 5.92 Å². The molecule has 148 valence electrons. The van der Waals surface area contributed by atoms with E-state index in [-0.39, 0.29) is 12.5 Å². The molecule has 0 radical (unpaired) electrons. The SMILES string of the molecule is COCC(=O)NC[C@H]1CCN(Cc2cn(C)c3ccccc23)C[C@H]1N(C)C. The molecule has 1 aromatic carbocycles. The lowest BCUT2D eigenvalue weighted by molar-refractivity contribution is -0.125. The molecular formula is C21H32N4O2. The first-order valence-corrected chi connectivity index (χ1v) is 9.67. The fraction of sp³-hybridized carbons (Fsp3) is 0.571. The minimum Gasteiger partial charge on any atom is -0.375 e. The number of carbonyl (C=O) groups is 1. The molecule has 1 aliphatic heterocycles. The van der Waals surface area contributed by atoms with E-state index < -0.39 is 0 Å². The molecule has 1 amide bonds. The van der Waals surface area contributed by atoms with E-state index in [1.807, 2.05) is 0 Å². The number of ether oxygens (including phenoxy) is 1. The number of likely N-dealkylation sites (N-methyl/N-ethyl adjacent to an activating group) is 1. The van der Waals surface area contributed by atoms with Crippen LogP contribution in [0.2, 0.25) is 0 Å². The van der Waals surface area contributed by atoms with Crippen LogP contribution in [-0.4, -0.2) is 73.8 Å². The van der Waals surface area contributed by atoms with Crippen LogP contribution in [-0.2, 0) is 23.1 Å². The minimum atomic E-state index is -0.0341. The van der Waals surface area contributed by atoms with Gasteiger partial charge in [-0.3, -0.25) is 9.69 Å². The first kappa shape index (κ1) is 19.9. The van der Waals surface area contributed by atoms with E-state index in [4.69, 9.17) is 4.74 Å². The standard InChI is InChI=1S/C21H32N4O2/c1-23(2)20-14-25(10-9-16(20)11-22-21(26)15-27-4)13-17-12-24(3)19-8-6-5-7-18(17)19/h5-8,12,16,20H,9-11,13-15H2,1-4H3,(H,22,26)/t16-,20-/m1/s1. The molecule has 1 aliphatic rings. The average Bonchev–Trinajstić information content (AvgIpc) is 2.97. The summed E-state index contributed by atoms with van der Waals surface area (Å²) < 4.78 is 7.12. The Labute approximate surface area is 162 Å². The number of nitrogens with zero attached hydrogens (tertiary/aromatic N) is 3. The second-order valence-corrected chi connectivity index (χ2v) is 7.83. The highest BCUT2D eigenvalue weighted by Gasteiger charge is 2.31. The maximum atomic E-state index is 11.7. The van der Waals surface area contributed by atoms with Crippen molar-refractivity contribution in [2.75, 3.05) is 47.4 Å². The van der Waals surface area contributed by atoms with E-state index in [9.17, 15) is 4.79 Å². The number of benzene rings is 1. The number of carbonyl (C=O) groups excluding carboxylic acids is 1. The molecule has 0 spiro atoms. The zero-order valence-electron chi connectivity index (χ0n) is 16.9. The Morgan fingerprint density at radius 1 is 1.33 bits per heavy atom. The maximum absolute atomic E-state index is 11.7. The first-order valence-electron chi connectivity index (χ1n) is 9.67. The number of amides is 1. The normalized spacial score (nSPS) is 21.1. The van der Waals surface area contributed by atoms with Crippen molar-refractivity contribution in [1.29, 1.82) is 0 Å². The molecule has 2 atom stereocenters. The maximum Gasteiger partial charge on any atom is 0.245 e. The van der Waals surface area contributed by atoms with Gasteiger partial charge in [0.05, 0.1) is 0 Å². The summed E-state index contributed by atoms with van der Waals surface area (Å²) in [7, 11) is 7.93. The molecule has 1 saturated heterocycles. The number of hydrogen-bond donors (Lipinski definition) is 1. The van der Waals surface area contributed by atoms with Crippen molar-refractivity contribution < 1.29 is 9.53 Å². The lowest BCUT2D eigenvalue weighted by Gasteiger charge is -2.42. The Morgan fingerprint density at radius 2 is 2.11 bits per heavy atom. The summed E-state index contributed by atoms with van der Waals surface area (Å²) in [5.41, 5.74) is 2.67. The minimum absolute atomic E-state index is 0.0341. The molecule has 0 saturated carbocycles. The van der Waals surface area contributed by atoms with Crippen LogP contribution in [0.5, 0.6) is 0 Å². The van der Waals surface area contributed by atoms with Gasteiger partial charge in [0, 0.05) is 56.9 Å². The number of likely N-dealkylation sites (tertiary alicyclic amines) is 1. The number of nitrogens with one attached hydrogen (secondary N) is 1. The number of hydrogen-bond acceptors (Lipinski definition) is 4. The van der Waals surface area contributed by atoms with Gasteiger partial charge in [-0.25, -0.2) is 0 Å². The van der Waals surface area contributed by atoms with E-state index in [2.05, 4.69) is 71.3 Å². The summed E-state index contributed by atoms with van der Waals surface area (Å²) in [5, 5.41) is 4.36. The van der Waals surface area contributed by atoms with E-state index in [0.29, 0.717) is 18.5 Å². The monoisotopic (exact) mass is 372 g/mol. The molecule has 0 aliphatic carbocycles. The topological polar surface area (TPSA) is 49.7 Å². The van der Waals surface area contributed by atoms with Gasteiger partial charge in [0.25, 0.3) is 0 Å². The smallest absolute Gasteiger partial charge is 0.245 e. The summed E-state index contributed by atoms with van der Waals surface area (Å²) >= 11 is 0. The van der Waals surface area contributed by atoms with Crippen molar-refractivity contribution in [3.05, 3.63) is 36.0 Å². The van der Waals surface area contributed by atoms with Gasteiger partial charge in [-0.1, -0.05) is 18.2 Å². The van der Waals surface area contributed by atoms with Crippen LogP contribution in [0.4, 0.5) is 0 Å². The molecule has 27 heavy (non-hydrogen) atoms. The highest BCUT2D eigenvalue weighted by Crippen LogP contribution is 2.26. The lowest BCUT2D eigenvalue weighted by Crippen LogP contribution is -2.53. The molecule has 3 rings (SSSR count). The third-order valence-electron chi connectivity index (χ3n) is 5.68. The van der Waals surface area contributed by atoms with Gasteiger partial charge < -0.3 is 19.5 Å². The summed E-state index contributed by atoms with van der Waals surface area (Å²) in [6.07, 6.45) is 3.34. The van der Waals surface area contributed by atoms with Gasteiger partial charge >= 0.3 is 0 Å². The second-order valence-electron chi connectivity index (χ2n) is 7.83. The Kier molecular flexibility index (Phi) is 6.52. The number of fused-ring (bicyclic) bond motifs is 1. The zero-order chi connectivity index (χ0) is 19.4. The molecular weight excluding hydrogens is 340 g/mol. The number of rotatable bonds is 7. The van der Waals surface area contributed by atoms with Crippen molar-refractivity contribution in [1.82, 2.24) is 19.7 Å². The Bertz CT molecular complexity index is 771. The van der Waals surface area contributed by atoms with Gasteiger partial charge in [0.15, 0.2) is 0 Å². The Balaban J connectivity index is 1.64. The molecule has 6 heteroatoms. The third-order valence-corrected chi connectivity index (χ3v) is 5.68. The predicted molar refractivity (Wildman–Crippen MR) is 109 cm³/mol. The van der Waals surface area contributed by atoms with Crippen LogP contribution < -0.4 is 5.32 Å². The van der Waals surface area contributed by atoms with Crippen LogP contribution >= 0.6 is 0 Å². The van der Waals surface area contributed by atoms with Crippen LogP contribution in [0.25, 0.3) is 10.9 Å². The van der Waals surface area contributed by atoms with Crippen LogP contribution in [0.3, 0.4) is 0 Å². The number of methoxy groups -OCH3 is 1. The highest BCUT2D eigenvalue weighted by molar-refractivity contribution is 5.83. The molecule has 1 N–H and O–H groups in total. The summed E-state index contributed by atoms with van der Waals surface area (Å²) in [6, 6.07) is 9.03. The molecule has 0 unspecified atom stereocenters. The largest absolute Gasteiger partial charge is 0.375 e.